The van der Waals surface area contributed by atoms with Gasteiger partial charge in [-0.1, -0.05) is 18.5 Å². The van der Waals surface area contributed by atoms with Gasteiger partial charge in [-0.05, 0) is 61.2 Å². The van der Waals surface area contributed by atoms with E-state index in [4.69, 9.17) is 16.3 Å². The first-order chi connectivity index (χ1) is 16.5. The first-order valence-corrected chi connectivity index (χ1v) is 12.7. The second kappa shape index (κ2) is 9.03. The topological polar surface area (TPSA) is 54.5 Å². The monoisotopic (exact) mass is 529 g/mol. The van der Waals surface area contributed by atoms with Gasteiger partial charge in [-0.15, -0.1) is 0 Å². The fourth-order valence-electron chi connectivity index (χ4n) is 4.25. The van der Waals surface area contributed by atoms with E-state index >= 15 is 0 Å². The minimum atomic E-state index is -4.54. The van der Waals surface area contributed by atoms with E-state index in [9.17, 15) is 22.4 Å². The maximum atomic E-state index is 14.8. The summed E-state index contributed by atoms with van der Waals surface area (Å²) in [5.74, 6) is -0.503. The maximum Gasteiger partial charge on any atom is 0.419 e. The highest BCUT2D eigenvalue weighted by Crippen LogP contribution is 2.47. The minimum absolute atomic E-state index is 0.00248. The SMILES string of the molecule is CC1(COc2cc(F)c(C(=O)NSC3CC3)cc2C2CC2)CN(c2cc(Cl)ncc2C(F)(F)F)C1. The zero-order valence-corrected chi connectivity index (χ0v) is 20.5. The minimum Gasteiger partial charge on any atom is -0.492 e. The summed E-state index contributed by atoms with van der Waals surface area (Å²) in [5.41, 5.74) is -0.487. The third kappa shape index (κ3) is 5.48. The Balaban J connectivity index is 1.27. The Morgan fingerprint density at radius 3 is 2.60 bits per heavy atom. The number of pyridine rings is 1. The lowest BCUT2D eigenvalue weighted by Crippen LogP contribution is -2.58. The molecule has 1 aromatic carbocycles. The molecule has 35 heavy (non-hydrogen) atoms. The number of anilines is 1. The Morgan fingerprint density at radius 2 is 1.97 bits per heavy atom. The van der Waals surface area contributed by atoms with Crippen molar-refractivity contribution < 1.29 is 27.1 Å². The molecule has 0 radical (unpaired) electrons. The predicted octanol–water partition coefficient (Wildman–Crippen LogP) is 6.22. The molecule has 1 amide bonds. The average molecular weight is 530 g/mol. The van der Waals surface area contributed by atoms with Gasteiger partial charge in [-0.3, -0.25) is 9.52 Å². The summed E-state index contributed by atoms with van der Waals surface area (Å²) in [6, 6.07) is 4.06. The second-order valence-corrected chi connectivity index (χ2v) is 11.4. The van der Waals surface area contributed by atoms with Crippen LogP contribution in [0.2, 0.25) is 5.15 Å². The van der Waals surface area contributed by atoms with Crippen LogP contribution >= 0.6 is 23.5 Å². The number of nitrogens with one attached hydrogen (secondary N) is 1. The molecule has 0 bridgehead atoms. The van der Waals surface area contributed by atoms with Crippen molar-refractivity contribution >= 4 is 35.1 Å². The number of hydrogen-bond acceptors (Lipinski definition) is 5. The van der Waals surface area contributed by atoms with Crippen LogP contribution in [0.25, 0.3) is 0 Å². The Hall–Kier alpha value is -2.20. The van der Waals surface area contributed by atoms with Crippen molar-refractivity contribution in [2.24, 2.45) is 5.41 Å². The van der Waals surface area contributed by atoms with E-state index < -0.39 is 28.9 Å². The normalized spacial score (nSPS) is 19.3. The highest BCUT2D eigenvalue weighted by molar-refractivity contribution is 7.98. The molecule has 5 rings (SSSR count). The lowest BCUT2D eigenvalue weighted by atomic mass is 9.82. The van der Waals surface area contributed by atoms with Crippen molar-refractivity contribution in [3.05, 3.63) is 52.1 Å². The summed E-state index contributed by atoms with van der Waals surface area (Å²) in [7, 11) is 0. The lowest BCUT2D eigenvalue weighted by molar-refractivity contribution is -0.137. The number of nitrogens with zero attached hydrogens (tertiary/aromatic N) is 2. The van der Waals surface area contributed by atoms with Crippen LogP contribution in [0.1, 0.15) is 60.0 Å². The number of carbonyl (C=O) groups is 1. The van der Waals surface area contributed by atoms with E-state index in [1.54, 1.807) is 11.0 Å². The summed E-state index contributed by atoms with van der Waals surface area (Å²) in [5, 5.41) is 0.396. The van der Waals surface area contributed by atoms with Crippen molar-refractivity contribution in [1.82, 2.24) is 9.71 Å². The van der Waals surface area contributed by atoms with Gasteiger partial charge in [-0.2, -0.15) is 13.2 Å². The Bertz CT molecular complexity index is 1150. The molecule has 0 atom stereocenters. The molecule has 2 saturated carbocycles. The molecule has 1 aliphatic heterocycles. The molecule has 1 saturated heterocycles. The molecule has 0 unspecified atom stereocenters. The van der Waals surface area contributed by atoms with Crippen molar-refractivity contribution in [1.29, 1.82) is 0 Å². The molecular formula is C24H24ClF4N3O2S. The van der Waals surface area contributed by atoms with Crippen molar-refractivity contribution in [3.8, 4) is 5.75 Å². The summed E-state index contributed by atoms with van der Waals surface area (Å²) in [6.45, 7) is 2.74. The zero-order chi connectivity index (χ0) is 25.0. The molecule has 0 spiro atoms. The molecular weight excluding hydrogens is 506 g/mol. The van der Waals surface area contributed by atoms with Crippen LogP contribution in [-0.2, 0) is 6.18 Å². The number of rotatable bonds is 8. The van der Waals surface area contributed by atoms with Gasteiger partial charge < -0.3 is 9.64 Å². The smallest absolute Gasteiger partial charge is 0.419 e. The lowest BCUT2D eigenvalue weighted by Gasteiger charge is -2.49. The molecule has 3 aliphatic rings. The van der Waals surface area contributed by atoms with Crippen molar-refractivity contribution in [2.45, 2.75) is 50.0 Å². The van der Waals surface area contributed by atoms with E-state index in [1.807, 2.05) is 6.92 Å². The molecule has 5 nitrogen and oxygen atoms in total. The van der Waals surface area contributed by atoms with E-state index in [2.05, 4.69) is 9.71 Å². The fourth-order valence-corrected chi connectivity index (χ4v) is 5.16. The number of alkyl halides is 3. The molecule has 188 valence electrons. The summed E-state index contributed by atoms with van der Waals surface area (Å²) in [6.07, 6.45) is 0.180. The standard InChI is InChI=1S/C24H24ClF4N3O2S/c1-23(10-32(11-23)19-8-21(25)30-9-17(19)24(27,28)29)12-34-20-7-18(26)16(6-15(20)13-2-3-13)22(33)31-35-14-4-5-14/h6-9,13-14H,2-5,10-12H2,1H3,(H,31,33). The number of hydrogen-bond donors (Lipinski definition) is 1. The van der Waals surface area contributed by atoms with Gasteiger partial charge in [0.25, 0.3) is 5.91 Å². The second-order valence-electron chi connectivity index (χ2n) is 9.87. The Morgan fingerprint density at radius 1 is 1.26 bits per heavy atom. The van der Waals surface area contributed by atoms with Gasteiger partial charge in [0, 0.05) is 36.0 Å². The molecule has 1 aromatic heterocycles. The quantitative estimate of drug-likeness (QED) is 0.250. The largest absolute Gasteiger partial charge is 0.492 e. The van der Waals surface area contributed by atoms with Gasteiger partial charge >= 0.3 is 6.18 Å². The Labute approximate surface area is 209 Å². The summed E-state index contributed by atoms with van der Waals surface area (Å²) in [4.78, 5) is 17.6. The predicted molar refractivity (Wildman–Crippen MR) is 127 cm³/mol. The first kappa shape index (κ1) is 24.5. The van der Waals surface area contributed by atoms with Gasteiger partial charge in [0.2, 0.25) is 0 Å². The van der Waals surface area contributed by atoms with Crippen LogP contribution in [0, 0.1) is 11.2 Å². The van der Waals surface area contributed by atoms with Crippen molar-refractivity contribution in [3.63, 3.8) is 0 Å². The number of benzene rings is 1. The number of aromatic nitrogens is 1. The van der Waals surface area contributed by atoms with E-state index in [1.165, 1.54) is 24.1 Å². The molecule has 3 fully saturated rings. The molecule has 2 aromatic rings. The third-order valence-electron chi connectivity index (χ3n) is 6.42. The summed E-state index contributed by atoms with van der Waals surface area (Å²) < 4.78 is 63.8. The highest BCUT2D eigenvalue weighted by Gasteiger charge is 2.44. The van der Waals surface area contributed by atoms with Crippen LogP contribution in [0.3, 0.4) is 0 Å². The van der Waals surface area contributed by atoms with Crippen LogP contribution in [0.15, 0.2) is 24.4 Å². The fraction of sp³-hybridized carbons (Fsp3) is 0.500. The number of carbonyl (C=O) groups excluding carboxylic acids is 1. The van der Waals surface area contributed by atoms with E-state index in [0.29, 0.717) is 24.1 Å². The van der Waals surface area contributed by atoms with Gasteiger partial charge in [0.15, 0.2) is 0 Å². The number of amides is 1. The average Bonchev–Trinajstić information content (AvgIpc) is 3.67. The van der Waals surface area contributed by atoms with Gasteiger partial charge in [0.1, 0.15) is 16.7 Å². The van der Waals surface area contributed by atoms with Crippen LogP contribution < -0.4 is 14.4 Å². The molecule has 1 N–H and O–H groups in total. The number of ether oxygens (including phenoxy) is 1. The maximum absolute atomic E-state index is 14.8. The summed E-state index contributed by atoms with van der Waals surface area (Å²) >= 11 is 7.18. The van der Waals surface area contributed by atoms with Crippen LogP contribution in [0.4, 0.5) is 23.2 Å². The van der Waals surface area contributed by atoms with Crippen LogP contribution in [0.5, 0.6) is 5.75 Å². The third-order valence-corrected chi connectivity index (χ3v) is 7.73. The highest BCUT2D eigenvalue weighted by atomic mass is 35.5. The Kier molecular flexibility index (Phi) is 6.32. The molecule has 2 heterocycles. The van der Waals surface area contributed by atoms with E-state index in [-0.39, 0.29) is 28.9 Å². The first-order valence-electron chi connectivity index (χ1n) is 11.4. The zero-order valence-electron chi connectivity index (χ0n) is 18.9. The molecule has 2 aliphatic carbocycles. The van der Waals surface area contributed by atoms with E-state index in [0.717, 1.165) is 37.4 Å². The number of halogens is 5. The van der Waals surface area contributed by atoms with Crippen LogP contribution in [-0.4, -0.2) is 35.8 Å². The molecule has 11 heteroatoms. The van der Waals surface area contributed by atoms with Gasteiger partial charge in [0.05, 0.1) is 23.4 Å². The van der Waals surface area contributed by atoms with Gasteiger partial charge in [-0.25, -0.2) is 9.37 Å². The van der Waals surface area contributed by atoms with Crippen molar-refractivity contribution in [2.75, 3.05) is 24.6 Å².